The van der Waals surface area contributed by atoms with E-state index < -0.39 is 80.7 Å². The lowest BCUT2D eigenvalue weighted by atomic mass is 9.87. The molecule has 0 amide bonds. The monoisotopic (exact) mass is 652 g/mol. The molecule has 1 saturated carbocycles. The van der Waals surface area contributed by atoms with Crippen LogP contribution in [-0.4, -0.2) is 132 Å². The number of aliphatic carboxylic acids is 5. The molecule has 0 radical (unpaired) electrons. The maximum atomic E-state index is 12.1. The SMILES string of the molecule is CC(C)(C)C(=S)Nc1ccc(CC(CN(CC(=O)O)C2CCCCC2N(CC(=O)O)CC(=O)O)N(CC(=O)O)CC(=O)O)cc1. The summed E-state index contributed by atoms with van der Waals surface area (Å²) in [5.74, 6) is -6.15. The zero-order chi connectivity index (χ0) is 33.9. The maximum Gasteiger partial charge on any atom is 0.317 e. The van der Waals surface area contributed by atoms with Gasteiger partial charge in [-0.05, 0) is 37.0 Å². The average Bonchev–Trinajstić information content (AvgIpc) is 2.90. The van der Waals surface area contributed by atoms with Crippen LogP contribution in [-0.2, 0) is 30.4 Å². The number of carboxylic acid groups (broad SMARTS) is 5. The van der Waals surface area contributed by atoms with Crippen molar-refractivity contribution in [2.24, 2.45) is 5.41 Å². The predicted molar refractivity (Wildman–Crippen MR) is 169 cm³/mol. The Morgan fingerprint density at radius 2 is 1.18 bits per heavy atom. The van der Waals surface area contributed by atoms with Crippen molar-refractivity contribution in [2.45, 2.75) is 71.0 Å². The minimum atomic E-state index is -1.26. The van der Waals surface area contributed by atoms with Crippen LogP contribution in [0, 0.1) is 5.41 Å². The van der Waals surface area contributed by atoms with Crippen molar-refractivity contribution in [3.8, 4) is 0 Å². The minimum Gasteiger partial charge on any atom is -0.480 e. The Morgan fingerprint density at radius 3 is 1.60 bits per heavy atom. The Morgan fingerprint density at radius 1 is 0.756 bits per heavy atom. The molecule has 250 valence electrons. The van der Waals surface area contributed by atoms with Gasteiger partial charge in [-0.3, -0.25) is 38.7 Å². The molecule has 15 heteroatoms. The normalized spacial score (nSPS) is 17.6. The standard InChI is InChI=1S/C30H44N4O10S/c1-30(2,3)29(45)31-20-10-8-19(9-11-20)12-21(32(14-24(35)36)15-25(37)38)13-33(16-26(39)40)22-6-4-5-7-23(22)34(17-27(41)42)18-28(43)44/h8-11,21-23H,4-7,12-18H2,1-3H3,(H,31,45)(H,35,36)(H,37,38)(H,39,40)(H,41,42)(H,43,44). The molecule has 3 atom stereocenters. The lowest BCUT2D eigenvalue weighted by Gasteiger charge is -2.45. The summed E-state index contributed by atoms with van der Waals surface area (Å²) in [5.41, 5.74) is 1.21. The summed E-state index contributed by atoms with van der Waals surface area (Å²) in [6, 6.07) is 5.24. The van der Waals surface area contributed by atoms with E-state index in [1.165, 1.54) is 9.80 Å². The van der Waals surface area contributed by atoms with Crippen molar-refractivity contribution < 1.29 is 49.5 Å². The van der Waals surface area contributed by atoms with Crippen molar-refractivity contribution in [3.63, 3.8) is 0 Å². The van der Waals surface area contributed by atoms with Crippen LogP contribution in [0.3, 0.4) is 0 Å². The minimum absolute atomic E-state index is 0.0594. The highest BCUT2D eigenvalue weighted by molar-refractivity contribution is 7.80. The van der Waals surface area contributed by atoms with Crippen molar-refractivity contribution in [1.82, 2.24) is 14.7 Å². The van der Waals surface area contributed by atoms with Crippen LogP contribution in [0.25, 0.3) is 0 Å². The maximum absolute atomic E-state index is 12.1. The van der Waals surface area contributed by atoms with Gasteiger partial charge in [0.1, 0.15) is 0 Å². The zero-order valence-electron chi connectivity index (χ0n) is 25.8. The molecule has 0 aromatic heterocycles. The summed E-state index contributed by atoms with van der Waals surface area (Å²) in [5, 5.41) is 51.3. The molecular formula is C30H44N4O10S. The molecule has 45 heavy (non-hydrogen) atoms. The van der Waals surface area contributed by atoms with Gasteiger partial charge in [-0.1, -0.05) is 58.0 Å². The molecular weight excluding hydrogens is 608 g/mol. The van der Waals surface area contributed by atoms with E-state index in [2.05, 4.69) is 5.32 Å². The van der Waals surface area contributed by atoms with Gasteiger partial charge in [-0.25, -0.2) is 0 Å². The van der Waals surface area contributed by atoms with E-state index in [9.17, 15) is 49.5 Å². The van der Waals surface area contributed by atoms with Crippen molar-refractivity contribution in [3.05, 3.63) is 29.8 Å². The second-order valence-electron chi connectivity index (χ2n) is 12.4. The molecule has 14 nitrogen and oxygen atoms in total. The number of nitrogens with zero attached hydrogens (tertiary/aromatic N) is 3. The van der Waals surface area contributed by atoms with Crippen LogP contribution in [0.2, 0.25) is 0 Å². The van der Waals surface area contributed by atoms with Gasteiger partial charge in [-0.15, -0.1) is 0 Å². The third kappa shape index (κ3) is 13.1. The van der Waals surface area contributed by atoms with Crippen LogP contribution >= 0.6 is 12.2 Å². The molecule has 1 aromatic rings. The number of hydrogen-bond donors (Lipinski definition) is 6. The van der Waals surface area contributed by atoms with E-state index in [1.807, 2.05) is 20.8 Å². The van der Waals surface area contributed by atoms with Gasteiger partial charge in [0, 0.05) is 35.8 Å². The number of carbonyl (C=O) groups is 5. The summed E-state index contributed by atoms with van der Waals surface area (Å²) < 4.78 is 0. The highest BCUT2D eigenvalue weighted by Gasteiger charge is 2.38. The first-order valence-corrected chi connectivity index (χ1v) is 15.1. The predicted octanol–water partition coefficient (Wildman–Crippen LogP) is 2.02. The largest absolute Gasteiger partial charge is 0.480 e. The summed E-state index contributed by atoms with van der Waals surface area (Å²) >= 11 is 5.46. The molecule has 2 rings (SSSR count). The number of rotatable bonds is 18. The highest BCUT2D eigenvalue weighted by Crippen LogP contribution is 2.29. The van der Waals surface area contributed by atoms with Gasteiger partial charge < -0.3 is 30.8 Å². The van der Waals surface area contributed by atoms with Gasteiger partial charge in [0.2, 0.25) is 0 Å². The summed E-state index contributed by atoms with van der Waals surface area (Å²) in [6.45, 7) is 3.03. The summed E-state index contributed by atoms with van der Waals surface area (Å²) in [6.07, 6.45) is 2.43. The van der Waals surface area contributed by atoms with E-state index in [0.29, 0.717) is 30.7 Å². The molecule has 1 fully saturated rings. The molecule has 0 heterocycles. The first kappa shape index (κ1) is 37.5. The Kier molecular flexibility index (Phi) is 14.3. The Balaban J connectivity index is 2.49. The lowest BCUT2D eigenvalue weighted by molar-refractivity contribution is -0.146. The molecule has 0 spiro atoms. The van der Waals surface area contributed by atoms with E-state index in [0.717, 1.165) is 11.3 Å². The number of nitrogens with one attached hydrogen (secondary N) is 1. The second kappa shape index (κ2) is 17.1. The molecule has 0 bridgehead atoms. The molecule has 1 aromatic carbocycles. The summed E-state index contributed by atoms with van der Waals surface area (Å²) in [4.78, 5) is 63.8. The van der Waals surface area contributed by atoms with E-state index in [-0.39, 0.29) is 18.4 Å². The van der Waals surface area contributed by atoms with Crippen molar-refractivity contribution in [2.75, 3.05) is 44.6 Å². The Labute approximate surface area is 267 Å². The third-order valence-corrected chi connectivity index (χ3v) is 8.36. The molecule has 1 aliphatic carbocycles. The van der Waals surface area contributed by atoms with Gasteiger partial charge in [-0.2, -0.15) is 0 Å². The van der Waals surface area contributed by atoms with Crippen molar-refractivity contribution >= 4 is 52.7 Å². The fourth-order valence-corrected chi connectivity index (χ4v) is 5.75. The van der Waals surface area contributed by atoms with E-state index >= 15 is 0 Å². The first-order chi connectivity index (χ1) is 21.0. The van der Waals surface area contributed by atoms with E-state index in [1.54, 1.807) is 29.2 Å². The molecule has 0 aliphatic heterocycles. The number of benzene rings is 1. The van der Waals surface area contributed by atoms with Crippen LogP contribution in [0.5, 0.6) is 0 Å². The summed E-state index contributed by atoms with van der Waals surface area (Å²) in [7, 11) is 0. The number of carboxylic acids is 5. The van der Waals surface area contributed by atoms with Crippen LogP contribution in [0.4, 0.5) is 5.69 Å². The fraction of sp³-hybridized carbons (Fsp3) is 0.600. The average molecular weight is 653 g/mol. The number of anilines is 1. The molecule has 1 aliphatic rings. The van der Waals surface area contributed by atoms with Crippen LogP contribution in [0.1, 0.15) is 52.0 Å². The third-order valence-electron chi connectivity index (χ3n) is 7.65. The zero-order valence-corrected chi connectivity index (χ0v) is 26.7. The number of hydrogen-bond acceptors (Lipinski definition) is 9. The Bertz CT molecular complexity index is 1190. The molecule has 6 N–H and O–H groups in total. The second-order valence-corrected chi connectivity index (χ2v) is 12.8. The van der Waals surface area contributed by atoms with Crippen LogP contribution < -0.4 is 5.32 Å². The van der Waals surface area contributed by atoms with Gasteiger partial charge in [0.15, 0.2) is 0 Å². The van der Waals surface area contributed by atoms with Crippen LogP contribution in [0.15, 0.2) is 24.3 Å². The topological polar surface area (TPSA) is 208 Å². The fourth-order valence-electron chi connectivity index (χ4n) is 5.63. The first-order valence-electron chi connectivity index (χ1n) is 14.7. The smallest absolute Gasteiger partial charge is 0.317 e. The van der Waals surface area contributed by atoms with Gasteiger partial charge >= 0.3 is 29.8 Å². The lowest BCUT2D eigenvalue weighted by Crippen LogP contribution is -2.59. The quantitative estimate of drug-likeness (QED) is 0.125. The number of thiocarbonyl (C=S) groups is 1. The van der Waals surface area contributed by atoms with E-state index in [4.69, 9.17) is 12.2 Å². The van der Waals surface area contributed by atoms with Gasteiger partial charge in [0.25, 0.3) is 0 Å². The molecule has 3 unspecified atom stereocenters. The Hall–Kier alpha value is -3.66. The van der Waals surface area contributed by atoms with Gasteiger partial charge in [0.05, 0.1) is 37.7 Å². The van der Waals surface area contributed by atoms with Crippen molar-refractivity contribution in [1.29, 1.82) is 0 Å². The molecule has 0 saturated heterocycles. The highest BCUT2D eigenvalue weighted by atomic mass is 32.1.